The average molecular weight is 285 g/mol. The predicted octanol–water partition coefficient (Wildman–Crippen LogP) is 2.39. The maximum absolute atomic E-state index is 11.5. The molecule has 108 valence electrons. The summed E-state index contributed by atoms with van der Waals surface area (Å²) in [6, 6.07) is 17.3. The number of carbonyl (C=O) groups is 2. The lowest BCUT2D eigenvalue weighted by Gasteiger charge is -2.07. The third-order valence-electron chi connectivity index (χ3n) is 2.73. The normalized spacial score (nSPS) is 10.1. The molecule has 0 aromatic heterocycles. The van der Waals surface area contributed by atoms with Crippen molar-refractivity contribution in [1.29, 1.82) is 0 Å². The van der Waals surface area contributed by atoms with Crippen LogP contribution in [-0.4, -0.2) is 30.2 Å². The Kier molecular flexibility index (Phi) is 5.06. The smallest absolute Gasteiger partial charge is 0.329 e. The van der Waals surface area contributed by atoms with E-state index in [1.165, 1.54) is 0 Å². The molecule has 0 fully saturated rings. The number of hydrogen-bond donors (Lipinski definition) is 2. The van der Waals surface area contributed by atoms with Crippen LogP contribution in [0.2, 0.25) is 0 Å². The van der Waals surface area contributed by atoms with Crippen LogP contribution < -0.4 is 5.32 Å². The first-order chi connectivity index (χ1) is 10.1. The number of amides is 1. The van der Waals surface area contributed by atoms with Crippen LogP contribution in [0.25, 0.3) is 11.1 Å². The van der Waals surface area contributed by atoms with Gasteiger partial charge >= 0.3 is 5.97 Å². The van der Waals surface area contributed by atoms with Crippen LogP contribution in [-0.2, 0) is 14.3 Å². The molecular formula is C16H15NO4. The largest absolute Gasteiger partial charge is 0.480 e. The summed E-state index contributed by atoms with van der Waals surface area (Å²) in [4.78, 5) is 21.8. The van der Waals surface area contributed by atoms with Crippen LogP contribution in [0.5, 0.6) is 0 Å². The number of carboxylic acid groups (broad SMARTS) is 1. The first-order valence-corrected chi connectivity index (χ1v) is 6.40. The third kappa shape index (κ3) is 4.74. The second-order valence-corrected chi connectivity index (χ2v) is 4.38. The molecule has 21 heavy (non-hydrogen) atoms. The number of carbonyl (C=O) groups excluding carboxylic acids is 1. The van der Waals surface area contributed by atoms with Gasteiger partial charge in [-0.1, -0.05) is 42.5 Å². The topological polar surface area (TPSA) is 75.6 Å². The van der Waals surface area contributed by atoms with Crippen molar-refractivity contribution >= 4 is 17.6 Å². The minimum absolute atomic E-state index is 0.285. The van der Waals surface area contributed by atoms with E-state index in [0.717, 1.165) is 11.1 Å². The van der Waals surface area contributed by atoms with Crippen LogP contribution in [0.1, 0.15) is 0 Å². The fraction of sp³-hybridized carbons (Fsp3) is 0.125. The molecule has 0 radical (unpaired) electrons. The van der Waals surface area contributed by atoms with E-state index in [-0.39, 0.29) is 12.5 Å². The van der Waals surface area contributed by atoms with Gasteiger partial charge in [-0.15, -0.1) is 0 Å². The van der Waals surface area contributed by atoms with Crippen LogP contribution in [0.15, 0.2) is 54.6 Å². The zero-order chi connectivity index (χ0) is 15.1. The summed E-state index contributed by atoms with van der Waals surface area (Å²) in [5.74, 6) is -1.49. The van der Waals surface area contributed by atoms with E-state index in [4.69, 9.17) is 9.84 Å². The van der Waals surface area contributed by atoms with E-state index in [1.807, 2.05) is 42.5 Å². The van der Waals surface area contributed by atoms with Crippen molar-refractivity contribution in [1.82, 2.24) is 0 Å². The number of ether oxygens (including phenoxy) is 1. The van der Waals surface area contributed by atoms with Gasteiger partial charge in [0.05, 0.1) is 0 Å². The highest BCUT2D eigenvalue weighted by atomic mass is 16.5. The van der Waals surface area contributed by atoms with Crippen molar-refractivity contribution in [3.8, 4) is 11.1 Å². The van der Waals surface area contributed by atoms with E-state index < -0.39 is 12.6 Å². The van der Waals surface area contributed by atoms with Gasteiger partial charge in [-0.05, 0) is 23.3 Å². The Labute approximate surface area is 122 Å². The van der Waals surface area contributed by atoms with Gasteiger partial charge in [0.1, 0.15) is 13.2 Å². The summed E-state index contributed by atoms with van der Waals surface area (Å²) >= 11 is 0. The molecule has 5 heteroatoms. The van der Waals surface area contributed by atoms with Gasteiger partial charge in [0, 0.05) is 5.69 Å². The van der Waals surface area contributed by atoms with Gasteiger partial charge in [0.15, 0.2) is 0 Å². The zero-order valence-corrected chi connectivity index (χ0v) is 11.3. The number of aliphatic carboxylic acids is 1. The number of hydrogen-bond acceptors (Lipinski definition) is 3. The fourth-order valence-electron chi connectivity index (χ4n) is 1.80. The lowest BCUT2D eigenvalue weighted by molar-refractivity contribution is -0.143. The van der Waals surface area contributed by atoms with Gasteiger partial charge in [0.25, 0.3) is 0 Å². The number of anilines is 1. The number of benzene rings is 2. The summed E-state index contributed by atoms with van der Waals surface area (Å²) in [6.45, 7) is -0.771. The van der Waals surface area contributed by atoms with E-state index in [1.54, 1.807) is 12.1 Å². The van der Waals surface area contributed by atoms with Gasteiger partial charge in [0.2, 0.25) is 5.91 Å². The number of nitrogens with one attached hydrogen (secondary N) is 1. The Morgan fingerprint density at radius 1 is 0.905 bits per heavy atom. The zero-order valence-electron chi connectivity index (χ0n) is 11.3. The molecule has 0 heterocycles. The highest BCUT2D eigenvalue weighted by Crippen LogP contribution is 2.20. The maximum atomic E-state index is 11.5. The molecule has 2 N–H and O–H groups in total. The fourth-order valence-corrected chi connectivity index (χ4v) is 1.80. The molecule has 0 saturated heterocycles. The quantitative estimate of drug-likeness (QED) is 0.854. The van der Waals surface area contributed by atoms with Crippen LogP contribution >= 0.6 is 0 Å². The molecule has 0 atom stereocenters. The highest BCUT2D eigenvalue weighted by Gasteiger charge is 2.05. The minimum Gasteiger partial charge on any atom is -0.480 e. The molecule has 2 rings (SSSR count). The summed E-state index contributed by atoms with van der Waals surface area (Å²) < 4.78 is 4.71. The van der Waals surface area contributed by atoms with Gasteiger partial charge < -0.3 is 15.2 Å². The molecule has 0 unspecified atom stereocenters. The van der Waals surface area contributed by atoms with Crippen molar-refractivity contribution in [2.24, 2.45) is 0 Å². The third-order valence-corrected chi connectivity index (χ3v) is 2.73. The molecule has 2 aromatic rings. The first-order valence-electron chi connectivity index (χ1n) is 6.40. The Balaban J connectivity index is 1.91. The van der Waals surface area contributed by atoms with E-state index in [2.05, 4.69) is 5.32 Å². The molecular weight excluding hydrogens is 270 g/mol. The molecule has 0 bridgehead atoms. The van der Waals surface area contributed by atoms with Gasteiger partial charge in [-0.3, -0.25) is 4.79 Å². The first kappa shape index (κ1) is 14.7. The van der Waals surface area contributed by atoms with Gasteiger partial charge in [-0.2, -0.15) is 0 Å². The summed E-state index contributed by atoms with van der Waals surface area (Å²) in [5, 5.41) is 11.0. The molecule has 0 spiro atoms. The van der Waals surface area contributed by atoms with Crippen LogP contribution in [0, 0.1) is 0 Å². The molecule has 0 aliphatic carbocycles. The second-order valence-electron chi connectivity index (χ2n) is 4.38. The molecule has 5 nitrogen and oxygen atoms in total. The van der Waals surface area contributed by atoms with E-state index in [9.17, 15) is 9.59 Å². The molecule has 0 aliphatic heterocycles. The predicted molar refractivity (Wildman–Crippen MR) is 79.0 cm³/mol. The maximum Gasteiger partial charge on any atom is 0.329 e. The van der Waals surface area contributed by atoms with Crippen molar-refractivity contribution in [3.63, 3.8) is 0 Å². The lowest BCUT2D eigenvalue weighted by Crippen LogP contribution is -2.20. The van der Waals surface area contributed by atoms with Crippen molar-refractivity contribution in [3.05, 3.63) is 54.6 Å². The molecule has 0 aliphatic rings. The lowest BCUT2D eigenvalue weighted by atomic mass is 10.1. The Morgan fingerprint density at radius 2 is 1.52 bits per heavy atom. The Hall–Kier alpha value is -2.66. The van der Waals surface area contributed by atoms with Crippen LogP contribution in [0.3, 0.4) is 0 Å². The summed E-state index contributed by atoms with van der Waals surface area (Å²) in [5.41, 5.74) is 2.79. The molecule has 1 amide bonds. The summed E-state index contributed by atoms with van der Waals surface area (Å²) in [6.07, 6.45) is 0. The average Bonchev–Trinajstić information content (AvgIpc) is 2.48. The van der Waals surface area contributed by atoms with Crippen LogP contribution in [0.4, 0.5) is 5.69 Å². The monoisotopic (exact) mass is 285 g/mol. The highest BCUT2D eigenvalue weighted by molar-refractivity contribution is 5.92. The van der Waals surface area contributed by atoms with Gasteiger partial charge in [-0.25, -0.2) is 4.79 Å². The minimum atomic E-state index is -1.10. The molecule has 0 saturated carbocycles. The summed E-state index contributed by atoms with van der Waals surface area (Å²) in [7, 11) is 0. The number of rotatable bonds is 6. The molecule has 2 aromatic carbocycles. The Morgan fingerprint density at radius 3 is 2.14 bits per heavy atom. The van der Waals surface area contributed by atoms with Crippen molar-refractivity contribution < 1.29 is 19.4 Å². The van der Waals surface area contributed by atoms with Crippen molar-refractivity contribution in [2.45, 2.75) is 0 Å². The number of carboxylic acids is 1. The Bertz CT molecular complexity index is 608. The standard InChI is InChI=1S/C16H15NO4/c18-15(10-21-11-16(19)20)17-14-8-6-13(7-9-14)12-4-2-1-3-5-12/h1-9H,10-11H2,(H,17,18)(H,19,20). The van der Waals surface area contributed by atoms with Crippen molar-refractivity contribution in [2.75, 3.05) is 18.5 Å². The van der Waals surface area contributed by atoms with E-state index in [0.29, 0.717) is 5.69 Å². The second kappa shape index (κ2) is 7.21. The SMILES string of the molecule is O=C(O)COCC(=O)Nc1ccc(-c2ccccc2)cc1. The van der Waals surface area contributed by atoms with E-state index >= 15 is 0 Å².